The highest BCUT2D eigenvalue weighted by molar-refractivity contribution is 6.31. The van der Waals surface area contributed by atoms with E-state index in [1.165, 1.54) is 12.1 Å². The lowest BCUT2D eigenvalue weighted by Gasteiger charge is -2.10. The van der Waals surface area contributed by atoms with Crippen LogP contribution >= 0.6 is 11.6 Å². The Balaban J connectivity index is 2.73. The smallest absolute Gasteiger partial charge is 0.117 e. The maximum absolute atomic E-state index is 10.1. The van der Waals surface area contributed by atoms with Crippen LogP contribution in [0.3, 0.4) is 0 Å². The normalized spacial score (nSPS) is 13.4. The van der Waals surface area contributed by atoms with Crippen LogP contribution in [-0.4, -0.2) is 33.1 Å². The van der Waals surface area contributed by atoms with E-state index in [0.29, 0.717) is 29.8 Å². The van der Waals surface area contributed by atoms with Gasteiger partial charge >= 0.3 is 0 Å². The van der Waals surface area contributed by atoms with Gasteiger partial charge in [-0.05, 0) is 35.8 Å². The first kappa shape index (κ1) is 17.8. The highest BCUT2D eigenvalue weighted by atomic mass is 35.5. The van der Waals surface area contributed by atoms with E-state index in [0.717, 1.165) is 5.57 Å². The molecule has 1 aromatic carbocycles. The van der Waals surface area contributed by atoms with E-state index >= 15 is 0 Å². The minimum Gasteiger partial charge on any atom is -0.508 e. The SMILES string of the molecule is CCC(=C=CC[C@@H](O)c1ccc(O)cc1Cl)C[C@@H](O)CO. The lowest BCUT2D eigenvalue weighted by atomic mass is 10.0. The Morgan fingerprint density at radius 1 is 1.38 bits per heavy atom. The van der Waals surface area contributed by atoms with Crippen molar-refractivity contribution in [1.29, 1.82) is 0 Å². The van der Waals surface area contributed by atoms with E-state index in [2.05, 4.69) is 5.73 Å². The highest BCUT2D eigenvalue weighted by Gasteiger charge is 2.10. The fraction of sp³-hybridized carbons (Fsp3) is 0.438. The first-order chi connectivity index (χ1) is 9.97. The molecule has 0 bridgehead atoms. The van der Waals surface area contributed by atoms with Crippen molar-refractivity contribution in [3.8, 4) is 5.75 Å². The average Bonchev–Trinajstić information content (AvgIpc) is 2.45. The van der Waals surface area contributed by atoms with Gasteiger partial charge in [-0.2, -0.15) is 0 Å². The van der Waals surface area contributed by atoms with E-state index in [9.17, 15) is 15.3 Å². The fourth-order valence-corrected chi connectivity index (χ4v) is 2.18. The van der Waals surface area contributed by atoms with Gasteiger partial charge in [0.05, 0.1) is 23.8 Å². The number of hydrogen-bond acceptors (Lipinski definition) is 4. The van der Waals surface area contributed by atoms with Gasteiger partial charge in [0, 0.05) is 12.8 Å². The van der Waals surface area contributed by atoms with Crippen molar-refractivity contribution in [2.45, 2.75) is 38.4 Å². The number of halogens is 1. The van der Waals surface area contributed by atoms with Gasteiger partial charge in [-0.1, -0.05) is 24.6 Å². The zero-order valence-corrected chi connectivity index (χ0v) is 12.7. The standard InChI is InChI=1S/C16H21ClO4/c1-2-11(8-13(20)10-18)4-3-5-16(21)14-7-6-12(19)9-15(14)17/h3,6-7,9,13,16,18-21H,2,5,8,10H2,1H3/t4?,13-,16-/m1/s1. The molecule has 0 fully saturated rings. The zero-order valence-electron chi connectivity index (χ0n) is 12.0. The summed E-state index contributed by atoms with van der Waals surface area (Å²) in [5, 5.41) is 37.9. The van der Waals surface area contributed by atoms with Gasteiger partial charge in [0.2, 0.25) is 0 Å². The summed E-state index contributed by atoms with van der Waals surface area (Å²) < 4.78 is 0. The van der Waals surface area contributed by atoms with Crippen molar-refractivity contribution >= 4 is 11.6 Å². The second kappa shape index (κ2) is 8.88. The van der Waals surface area contributed by atoms with Crippen LogP contribution in [0.1, 0.15) is 37.9 Å². The molecule has 4 nitrogen and oxygen atoms in total. The van der Waals surface area contributed by atoms with Crippen LogP contribution in [0, 0.1) is 0 Å². The summed E-state index contributed by atoms with van der Waals surface area (Å²) in [7, 11) is 0. The number of phenols is 1. The third-order valence-electron chi connectivity index (χ3n) is 3.11. The first-order valence-electron chi connectivity index (χ1n) is 6.86. The summed E-state index contributed by atoms with van der Waals surface area (Å²) in [5.74, 6) is 0.0534. The third-order valence-corrected chi connectivity index (χ3v) is 3.44. The maximum atomic E-state index is 10.1. The van der Waals surface area contributed by atoms with E-state index in [-0.39, 0.29) is 12.4 Å². The molecule has 116 valence electrons. The summed E-state index contributed by atoms with van der Waals surface area (Å²) in [6, 6.07) is 4.43. The summed E-state index contributed by atoms with van der Waals surface area (Å²) in [4.78, 5) is 0. The van der Waals surface area contributed by atoms with Crippen LogP contribution in [0.15, 0.2) is 35.6 Å². The summed E-state index contributed by atoms with van der Waals surface area (Å²) in [6.07, 6.45) is 1.52. The predicted octanol–water partition coefficient (Wildman–Crippen LogP) is 2.70. The number of benzene rings is 1. The Kier molecular flexibility index (Phi) is 7.51. The molecule has 2 atom stereocenters. The Labute approximate surface area is 129 Å². The van der Waals surface area contributed by atoms with Crippen LogP contribution < -0.4 is 0 Å². The van der Waals surface area contributed by atoms with Crippen LogP contribution in [0.5, 0.6) is 5.75 Å². The van der Waals surface area contributed by atoms with Gasteiger partial charge in [-0.3, -0.25) is 0 Å². The molecule has 5 heteroatoms. The molecule has 1 aromatic rings. The highest BCUT2D eigenvalue weighted by Crippen LogP contribution is 2.28. The summed E-state index contributed by atoms with van der Waals surface area (Å²) >= 11 is 5.96. The quantitative estimate of drug-likeness (QED) is 0.584. The minimum atomic E-state index is -0.786. The molecule has 0 amide bonds. The van der Waals surface area contributed by atoms with Gasteiger partial charge in [0.15, 0.2) is 0 Å². The monoisotopic (exact) mass is 312 g/mol. The van der Waals surface area contributed by atoms with E-state index in [4.69, 9.17) is 16.7 Å². The van der Waals surface area contributed by atoms with Crippen LogP contribution in [0.25, 0.3) is 0 Å². The molecule has 0 aromatic heterocycles. The predicted molar refractivity (Wildman–Crippen MR) is 82.3 cm³/mol. The van der Waals surface area contributed by atoms with Crippen molar-refractivity contribution in [3.63, 3.8) is 0 Å². The molecular weight excluding hydrogens is 292 g/mol. The molecular formula is C16H21ClO4. The Morgan fingerprint density at radius 3 is 2.67 bits per heavy atom. The van der Waals surface area contributed by atoms with Gasteiger partial charge in [0.25, 0.3) is 0 Å². The zero-order chi connectivity index (χ0) is 15.8. The number of phenolic OH excluding ortho intramolecular Hbond substituents is 1. The first-order valence-corrected chi connectivity index (χ1v) is 7.24. The van der Waals surface area contributed by atoms with E-state index in [1.807, 2.05) is 6.92 Å². The topological polar surface area (TPSA) is 80.9 Å². The van der Waals surface area contributed by atoms with Crippen molar-refractivity contribution in [3.05, 3.63) is 46.2 Å². The second-order valence-electron chi connectivity index (χ2n) is 4.80. The van der Waals surface area contributed by atoms with Crippen molar-refractivity contribution in [2.75, 3.05) is 6.61 Å². The van der Waals surface area contributed by atoms with Gasteiger partial charge in [0.1, 0.15) is 5.75 Å². The number of rotatable bonds is 7. The molecule has 0 aliphatic rings. The van der Waals surface area contributed by atoms with Crippen LogP contribution in [0.2, 0.25) is 5.02 Å². The molecule has 0 aliphatic carbocycles. The maximum Gasteiger partial charge on any atom is 0.117 e. The Morgan fingerprint density at radius 2 is 2.10 bits per heavy atom. The molecule has 0 spiro atoms. The number of aliphatic hydroxyl groups is 3. The van der Waals surface area contributed by atoms with Crippen molar-refractivity contribution in [1.82, 2.24) is 0 Å². The number of aliphatic hydroxyl groups excluding tert-OH is 3. The molecule has 0 saturated carbocycles. The van der Waals surface area contributed by atoms with Gasteiger partial charge in [-0.25, -0.2) is 0 Å². The van der Waals surface area contributed by atoms with E-state index in [1.54, 1.807) is 12.1 Å². The molecule has 0 saturated heterocycles. The lowest BCUT2D eigenvalue weighted by molar-refractivity contribution is 0.0950. The average molecular weight is 313 g/mol. The molecule has 0 unspecified atom stereocenters. The number of hydrogen-bond donors (Lipinski definition) is 4. The molecule has 1 rings (SSSR count). The largest absolute Gasteiger partial charge is 0.508 e. The van der Waals surface area contributed by atoms with Gasteiger partial charge in [-0.15, -0.1) is 5.73 Å². The molecule has 0 heterocycles. The van der Waals surface area contributed by atoms with Crippen LogP contribution in [-0.2, 0) is 0 Å². The lowest BCUT2D eigenvalue weighted by Crippen LogP contribution is -2.12. The number of aromatic hydroxyl groups is 1. The minimum absolute atomic E-state index is 0.0534. The molecule has 4 N–H and O–H groups in total. The van der Waals surface area contributed by atoms with Crippen molar-refractivity contribution in [2.24, 2.45) is 0 Å². The second-order valence-corrected chi connectivity index (χ2v) is 5.21. The van der Waals surface area contributed by atoms with Gasteiger partial charge < -0.3 is 20.4 Å². The molecule has 21 heavy (non-hydrogen) atoms. The third kappa shape index (κ3) is 5.92. The van der Waals surface area contributed by atoms with E-state index < -0.39 is 12.2 Å². The van der Waals surface area contributed by atoms with Crippen molar-refractivity contribution < 1.29 is 20.4 Å². The fourth-order valence-electron chi connectivity index (χ4n) is 1.88. The molecule has 0 aliphatic heterocycles. The Hall–Kier alpha value is -1.29. The summed E-state index contributed by atoms with van der Waals surface area (Å²) in [6.45, 7) is 1.66. The molecule has 0 radical (unpaired) electrons. The Bertz CT molecular complexity index is 521. The summed E-state index contributed by atoms with van der Waals surface area (Å²) in [5.41, 5.74) is 4.45. The van der Waals surface area contributed by atoms with Crippen LogP contribution in [0.4, 0.5) is 0 Å².